The van der Waals surface area contributed by atoms with E-state index in [0.29, 0.717) is 32.7 Å². The molecule has 0 radical (unpaired) electrons. The van der Waals surface area contributed by atoms with Crippen LogP contribution in [-0.2, 0) is 26.2 Å². The molecule has 7 nitrogen and oxygen atoms in total. The average Bonchev–Trinajstić information content (AvgIpc) is 2.78. The third kappa shape index (κ3) is 8.00. The number of unbranched alkanes of at least 4 members (excludes halogenated alkanes) is 1. The van der Waals surface area contributed by atoms with Gasteiger partial charge in [-0.05, 0) is 50.1 Å². The molecule has 192 valence electrons. The fourth-order valence-electron chi connectivity index (χ4n) is 3.42. The quantitative estimate of drug-likeness (QED) is 0.388. The van der Waals surface area contributed by atoms with Crippen LogP contribution in [0.5, 0.6) is 0 Å². The van der Waals surface area contributed by atoms with E-state index in [9.17, 15) is 18.0 Å². The number of carbonyl (C=O) groups excluding carboxylic acids is 2. The van der Waals surface area contributed by atoms with Gasteiger partial charge in [0.25, 0.3) is 0 Å². The lowest BCUT2D eigenvalue weighted by Crippen LogP contribution is -2.51. The van der Waals surface area contributed by atoms with Gasteiger partial charge < -0.3 is 10.2 Å². The number of nitrogens with one attached hydrogen (secondary N) is 1. The highest BCUT2D eigenvalue weighted by molar-refractivity contribution is 7.92. The lowest BCUT2D eigenvalue weighted by molar-refractivity contribution is -0.139. The van der Waals surface area contributed by atoms with Gasteiger partial charge in [-0.3, -0.25) is 13.9 Å². The van der Waals surface area contributed by atoms with Gasteiger partial charge in [0, 0.05) is 33.7 Å². The molecule has 0 aliphatic heterocycles. The van der Waals surface area contributed by atoms with Crippen molar-refractivity contribution >= 4 is 62.3 Å². The molecule has 0 saturated carbocycles. The van der Waals surface area contributed by atoms with Crippen LogP contribution in [0.25, 0.3) is 0 Å². The van der Waals surface area contributed by atoms with Crippen molar-refractivity contribution in [3.63, 3.8) is 0 Å². The van der Waals surface area contributed by atoms with Crippen molar-refractivity contribution in [2.45, 2.75) is 46.2 Å². The van der Waals surface area contributed by atoms with E-state index in [1.165, 1.54) is 11.0 Å². The van der Waals surface area contributed by atoms with Crippen molar-refractivity contribution in [1.82, 2.24) is 10.2 Å². The second-order valence-electron chi connectivity index (χ2n) is 8.24. The summed E-state index contributed by atoms with van der Waals surface area (Å²) in [6, 6.07) is 8.83. The molecule has 35 heavy (non-hydrogen) atoms. The summed E-state index contributed by atoms with van der Waals surface area (Å²) in [6.45, 7) is 5.16. The lowest BCUT2D eigenvalue weighted by Gasteiger charge is -2.32. The largest absolute Gasteiger partial charge is 0.354 e. The number of aryl methyl sites for hydroxylation is 1. The topological polar surface area (TPSA) is 86.8 Å². The molecule has 2 aromatic rings. The minimum atomic E-state index is -3.86. The minimum Gasteiger partial charge on any atom is -0.354 e. The highest BCUT2D eigenvalue weighted by atomic mass is 35.5. The third-order valence-electron chi connectivity index (χ3n) is 5.51. The van der Waals surface area contributed by atoms with Gasteiger partial charge in [-0.25, -0.2) is 8.42 Å². The summed E-state index contributed by atoms with van der Waals surface area (Å²) >= 11 is 18.8. The molecule has 0 aliphatic rings. The number of hydrogen-bond acceptors (Lipinski definition) is 4. The molecule has 0 aromatic heterocycles. The molecule has 0 heterocycles. The van der Waals surface area contributed by atoms with Gasteiger partial charge >= 0.3 is 0 Å². The van der Waals surface area contributed by atoms with Crippen LogP contribution >= 0.6 is 34.8 Å². The molecule has 0 bridgehead atoms. The summed E-state index contributed by atoms with van der Waals surface area (Å²) in [6.07, 6.45) is 2.70. The molecule has 0 unspecified atom stereocenters. The first-order chi connectivity index (χ1) is 16.4. The van der Waals surface area contributed by atoms with Gasteiger partial charge in [-0.2, -0.15) is 0 Å². The van der Waals surface area contributed by atoms with Crippen LogP contribution in [-0.4, -0.2) is 50.5 Å². The summed E-state index contributed by atoms with van der Waals surface area (Å²) in [5.74, 6) is -0.955. The molecule has 1 N–H and O–H groups in total. The smallest absolute Gasteiger partial charge is 0.244 e. The normalized spacial score (nSPS) is 12.2. The average molecular weight is 563 g/mol. The van der Waals surface area contributed by atoms with Crippen molar-refractivity contribution < 1.29 is 18.0 Å². The second kappa shape index (κ2) is 12.8. The van der Waals surface area contributed by atoms with Gasteiger partial charge in [0.1, 0.15) is 12.6 Å². The first-order valence-electron chi connectivity index (χ1n) is 11.1. The second-order valence-corrected chi connectivity index (χ2v) is 11.4. The molecule has 2 aromatic carbocycles. The van der Waals surface area contributed by atoms with Gasteiger partial charge in [-0.1, -0.05) is 60.3 Å². The van der Waals surface area contributed by atoms with E-state index >= 15 is 0 Å². The number of anilines is 1. The zero-order valence-corrected chi connectivity index (χ0v) is 23.2. The summed E-state index contributed by atoms with van der Waals surface area (Å²) < 4.78 is 26.4. The standard InChI is InChI=1S/C24H30Cl3N3O4S/c1-5-6-12-28-24(32)17(3)29(14-19-20(26)8-7-9-21(19)27)23(31)15-30(35(4,33)34)22-13-18(25)11-10-16(22)2/h7-11,13,17H,5-6,12,14-15H2,1-4H3,(H,28,32)/t17-/m1/s1. The first-order valence-corrected chi connectivity index (χ1v) is 14.1. The molecule has 2 rings (SSSR count). The predicted molar refractivity (Wildman–Crippen MR) is 143 cm³/mol. The van der Waals surface area contributed by atoms with Crippen LogP contribution in [0, 0.1) is 6.92 Å². The number of sulfonamides is 1. The van der Waals surface area contributed by atoms with Crippen molar-refractivity contribution in [3.8, 4) is 0 Å². The fourth-order valence-corrected chi connectivity index (χ4v) is 5.00. The van der Waals surface area contributed by atoms with Crippen LogP contribution in [0.2, 0.25) is 15.1 Å². The van der Waals surface area contributed by atoms with Gasteiger partial charge in [0.15, 0.2) is 0 Å². The molecule has 0 fully saturated rings. The molecular formula is C24H30Cl3N3O4S. The minimum absolute atomic E-state index is 0.0775. The number of carbonyl (C=O) groups is 2. The van der Waals surface area contributed by atoms with Crippen molar-refractivity contribution in [2.75, 3.05) is 23.7 Å². The van der Waals surface area contributed by atoms with Crippen LogP contribution in [0.1, 0.15) is 37.8 Å². The number of halogens is 3. The van der Waals surface area contributed by atoms with E-state index in [-0.39, 0.29) is 18.1 Å². The maximum absolute atomic E-state index is 13.6. The number of amides is 2. The summed E-state index contributed by atoms with van der Waals surface area (Å²) in [5, 5.41) is 3.81. The fraction of sp³-hybridized carbons (Fsp3) is 0.417. The van der Waals surface area contributed by atoms with Crippen LogP contribution in [0.3, 0.4) is 0 Å². The Morgan fingerprint density at radius 1 is 1.09 bits per heavy atom. The Hall–Kier alpha value is -2.00. The number of hydrogen-bond donors (Lipinski definition) is 1. The molecule has 1 atom stereocenters. The van der Waals surface area contributed by atoms with E-state index in [0.717, 1.165) is 23.4 Å². The van der Waals surface area contributed by atoms with E-state index < -0.39 is 28.5 Å². The zero-order chi connectivity index (χ0) is 26.3. The molecule has 0 spiro atoms. The van der Waals surface area contributed by atoms with Gasteiger partial charge in [0.2, 0.25) is 21.8 Å². The molecule has 2 amide bonds. The molecular weight excluding hydrogens is 533 g/mol. The van der Waals surface area contributed by atoms with E-state index in [2.05, 4.69) is 5.32 Å². The number of nitrogens with zero attached hydrogens (tertiary/aromatic N) is 2. The monoisotopic (exact) mass is 561 g/mol. The Kier molecular flexibility index (Phi) is 10.7. The molecule has 0 saturated heterocycles. The van der Waals surface area contributed by atoms with E-state index in [4.69, 9.17) is 34.8 Å². The van der Waals surface area contributed by atoms with Crippen molar-refractivity contribution in [3.05, 3.63) is 62.6 Å². The lowest BCUT2D eigenvalue weighted by atomic mass is 10.1. The van der Waals surface area contributed by atoms with Crippen LogP contribution < -0.4 is 9.62 Å². The highest BCUT2D eigenvalue weighted by Crippen LogP contribution is 2.29. The Bertz CT molecular complexity index is 1150. The predicted octanol–water partition coefficient (Wildman–Crippen LogP) is 5.05. The Labute approximate surface area is 222 Å². The Balaban J connectivity index is 2.45. The number of benzene rings is 2. The Morgan fingerprint density at radius 3 is 2.29 bits per heavy atom. The first kappa shape index (κ1) is 29.2. The summed E-state index contributed by atoms with van der Waals surface area (Å²) in [7, 11) is -3.86. The molecule has 0 aliphatic carbocycles. The van der Waals surface area contributed by atoms with Crippen molar-refractivity contribution in [2.24, 2.45) is 0 Å². The van der Waals surface area contributed by atoms with Gasteiger partial charge in [-0.15, -0.1) is 0 Å². The van der Waals surface area contributed by atoms with Gasteiger partial charge in [0.05, 0.1) is 11.9 Å². The summed E-state index contributed by atoms with van der Waals surface area (Å²) in [4.78, 5) is 27.7. The van der Waals surface area contributed by atoms with E-state index in [1.54, 1.807) is 44.2 Å². The van der Waals surface area contributed by atoms with Crippen LogP contribution in [0.4, 0.5) is 5.69 Å². The van der Waals surface area contributed by atoms with E-state index in [1.807, 2.05) is 6.92 Å². The van der Waals surface area contributed by atoms with Crippen molar-refractivity contribution in [1.29, 1.82) is 0 Å². The third-order valence-corrected chi connectivity index (χ3v) is 7.58. The molecule has 11 heteroatoms. The summed E-state index contributed by atoms with van der Waals surface area (Å²) in [5.41, 5.74) is 1.37. The van der Waals surface area contributed by atoms with Crippen LogP contribution in [0.15, 0.2) is 36.4 Å². The zero-order valence-electron chi connectivity index (χ0n) is 20.1. The number of rotatable bonds is 11. The SMILES string of the molecule is CCCCNC(=O)[C@@H](C)N(Cc1c(Cl)cccc1Cl)C(=O)CN(c1cc(Cl)ccc1C)S(C)(=O)=O. The maximum atomic E-state index is 13.6. The highest BCUT2D eigenvalue weighted by Gasteiger charge is 2.31. The maximum Gasteiger partial charge on any atom is 0.244 e. The Morgan fingerprint density at radius 2 is 1.71 bits per heavy atom.